The van der Waals surface area contributed by atoms with E-state index in [1.165, 1.54) is 0 Å². The molecule has 0 aliphatic carbocycles. The maximum Gasteiger partial charge on any atom is 0.309 e. The first kappa shape index (κ1) is 12.3. The van der Waals surface area contributed by atoms with Crippen LogP contribution in [0.4, 0.5) is 13.2 Å². The Balaban J connectivity index is 2.52. The number of piperidine rings is 1. The van der Waals surface area contributed by atoms with Crippen molar-refractivity contribution in [3.63, 3.8) is 0 Å². The van der Waals surface area contributed by atoms with Crippen LogP contribution in [0, 0.1) is 5.41 Å². The topological polar surface area (TPSA) is 40.5 Å². The van der Waals surface area contributed by atoms with Gasteiger partial charge in [0.1, 0.15) is 0 Å². The van der Waals surface area contributed by atoms with Crippen LogP contribution < -0.4 is 0 Å². The molecule has 88 valence electrons. The highest BCUT2D eigenvalue weighted by molar-refractivity contribution is 5.74. The van der Waals surface area contributed by atoms with Crippen LogP contribution >= 0.6 is 0 Å². The fourth-order valence-corrected chi connectivity index (χ4v) is 1.64. The third kappa shape index (κ3) is 2.62. The van der Waals surface area contributed by atoms with E-state index in [9.17, 15) is 18.0 Å². The van der Waals surface area contributed by atoms with Gasteiger partial charge in [-0.15, -0.1) is 0 Å². The zero-order valence-corrected chi connectivity index (χ0v) is 8.42. The largest absolute Gasteiger partial charge is 0.481 e. The van der Waals surface area contributed by atoms with Gasteiger partial charge in [0.2, 0.25) is 6.30 Å². The molecular formula is C9H14F3NO2. The minimum Gasteiger partial charge on any atom is -0.481 e. The molecule has 6 heteroatoms. The van der Waals surface area contributed by atoms with Gasteiger partial charge in [0, 0.05) is 13.1 Å². The number of nitrogens with zero attached hydrogens (tertiary/aromatic N) is 1. The Bertz CT molecular complexity index is 240. The van der Waals surface area contributed by atoms with E-state index < -0.39 is 24.1 Å². The first-order valence-corrected chi connectivity index (χ1v) is 4.76. The van der Waals surface area contributed by atoms with E-state index >= 15 is 0 Å². The molecule has 0 radical (unpaired) electrons. The molecule has 1 saturated heterocycles. The number of hydrogen-bond donors (Lipinski definition) is 1. The van der Waals surface area contributed by atoms with Gasteiger partial charge in [-0.3, -0.25) is 9.69 Å². The summed E-state index contributed by atoms with van der Waals surface area (Å²) in [5, 5.41) is 8.87. The number of hydrogen-bond acceptors (Lipinski definition) is 2. The summed E-state index contributed by atoms with van der Waals surface area (Å²) in [6.07, 6.45) is -4.90. The van der Waals surface area contributed by atoms with Gasteiger partial charge >= 0.3 is 5.97 Å². The number of carboxylic acid groups (broad SMARTS) is 1. The number of aliphatic carboxylic acids is 1. The van der Waals surface area contributed by atoms with E-state index in [4.69, 9.17) is 5.11 Å². The molecule has 0 bridgehead atoms. The van der Waals surface area contributed by atoms with Gasteiger partial charge in [-0.25, -0.2) is 13.2 Å². The lowest BCUT2D eigenvalue weighted by Crippen LogP contribution is -2.47. The summed E-state index contributed by atoms with van der Waals surface area (Å²) in [5.41, 5.74) is -0.904. The molecule has 1 aliphatic heterocycles. The van der Waals surface area contributed by atoms with Crippen LogP contribution in [0.3, 0.4) is 0 Å². The van der Waals surface area contributed by atoms with Crippen LogP contribution in [-0.2, 0) is 4.79 Å². The van der Waals surface area contributed by atoms with Gasteiger partial charge in [-0.2, -0.15) is 0 Å². The van der Waals surface area contributed by atoms with Crippen LogP contribution in [0.2, 0.25) is 0 Å². The normalized spacial score (nSPS) is 24.1. The quantitative estimate of drug-likeness (QED) is 0.744. The molecule has 1 N–H and O–H groups in total. The first-order valence-electron chi connectivity index (χ1n) is 4.76. The monoisotopic (exact) mass is 225 g/mol. The highest BCUT2D eigenvalue weighted by Crippen LogP contribution is 2.32. The Labute approximate surface area is 85.9 Å². The van der Waals surface area contributed by atoms with Gasteiger partial charge in [-0.1, -0.05) is 0 Å². The molecule has 1 unspecified atom stereocenters. The Kier molecular flexibility index (Phi) is 3.59. The van der Waals surface area contributed by atoms with Crippen LogP contribution in [0.1, 0.15) is 19.8 Å². The van der Waals surface area contributed by atoms with Crippen molar-refractivity contribution in [2.45, 2.75) is 32.5 Å². The number of carboxylic acids is 1. The van der Waals surface area contributed by atoms with Gasteiger partial charge in [0.15, 0.2) is 0 Å². The highest BCUT2D eigenvalue weighted by Gasteiger charge is 2.40. The van der Waals surface area contributed by atoms with Crippen molar-refractivity contribution in [1.82, 2.24) is 4.90 Å². The average Bonchev–Trinajstić information content (AvgIpc) is 2.17. The smallest absolute Gasteiger partial charge is 0.309 e. The molecule has 3 nitrogen and oxygen atoms in total. The molecule has 1 fully saturated rings. The summed E-state index contributed by atoms with van der Waals surface area (Å²) in [6, 6.07) is 0. The second-order valence-corrected chi connectivity index (χ2v) is 4.11. The molecule has 15 heavy (non-hydrogen) atoms. The molecule has 1 heterocycles. The molecule has 1 aliphatic rings. The van der Waals surface area contributed by atoms with Crippen molar-refractivity contribution in [3.05, 3.63) is 0 Å². The fourth-order valence-electron chi connectivity index (χ4n) is 1.64. The second kappa shape index (κ2) is 4.38. The Hall–Kier alpha value is -0.780. The molecule has 1 atom stereocenters. The lowest BCUT2D eigenvalue weighted by atomic mass is 9.80. The van der Waals surface area contributed by atoms with E-state index in [0.29, 0.717) is 0 Å². The molecule has 0 aromatic rings. The van der Waals surface area contributed by atoms with Crippen molar-refractivity contribution < 1.29 is 23.1 Å². The predicted molar refractivity (Wildman–Crippen MR) is 47.4 cm³/mol. The number of alkyl halides is 3. The SMILES string of the molecule is CC1(C(=O)O)CCN(C(F)C(F)F)CC1. The molecule has 0 aromatic heterocycles. The number of likely N-dealkylation sites (tertiary alicyclic amines) is 1. The Morgan fingerprint density at radius 3 is 2.13 bits per heavy atom. The third-order valence-corrected chi connectivity index (χ3v) is 2.97. The maximum atomic E-state index is 12.9. The van der Waals surface area contributed by atoms with Gasteiger partial charge in [0.05, 0.1) is 5.41 Å². The molecule has 0 saturated carbocycles. The van der Waals surface area contributed by atoms with Crippen LogP contribution in [-0.4, -0.2) is 41.8 Å². The minimum atomic E-state index is -3.03. The zero-order chi connectivity index (χ0) is 11.6. The molecule has 0 spiro atoms. The average molecular weight is 225 g/mol. The highest BCUT2D eigenvalue weighted by atomic mass is 19.3. The lowest BCUT2D eigenvalue weighted by molar-refractivity contribution is -0.153. The summed E-state index contributed by atoms with van der Waals surface area (Å²) >= 11 is 0. The summed E-state index contributed by atoms with van der Waals surface area (Å²) in [6.45, 7) is 1.69. The molecule has 1 rings (SSSR count). The summed E-state index contributed by atoms with van der Waals surface area (Å²) in [7, 11) is 0. The predicted octanol–water partition coefficient (Wildman–Crippen LogP) is 1.73. The van der Waals surface area contributed by atoms with E-state index in [-0.39, 0.29) is 25.9 Å². The van der Waals surface area contributed by atoms with Crippen molar-refractivity contribution in [2.75, 3.05) is 13.1 Å². The summed E-state index contributed by atoms with van der Waals surface area (Å²) in [5.74, 6) is -0.949. The zero-order valence-electron chi connectivity index (χ0n) is 8.42. The minimum absolute atomic E-state index is 0.0638. The maximum absolute atomic E-state index is 12.9. The molecule has 0 aromatic carbocycles. The summed E-state index contributed by atoms with van der Waals surface area (Å²) in [4.78, 5) is 11.8. The van der Waals surface area contributed by atoms with E-state index in [1.807, 2.05) is 0 Å². The molecular weight excluding hydrogens is 211 g/mol. The van der Waals surface area contributed by atoms with Crippen LogP contribution in [0.15, 0.2) is 0 Å². The number of halogens is 3. The van der Waals surface area contributed by atoms with Gasteiger partial charge < -0.3 is 5.11 Å². The van der Waals surface area contributed by atoms with E-state index in [1.54, 1.807) is 6.92 Å². The van der Waals surface area contributed by atoms with Crippen molar-refractivity contribution in [1.29, 1.82) is 0 Å². The standard InChI is InChI=1S/C9H14F3NO2/c1-9(8(14)15)2-4-13(5-3-9)7(12)6(10)11/h6-7H,2-5H2,1H3,(H,14,15). The number of rotatable bonds is 3. The number of carbonyl (C=O) groups is 1. The Morgan fingerprint density at radius 1 is 1.33 bits per heavy atom. The first-order chi connectivity index (χ1) is 6.87. The van der Waals surface area contributed by atoms with E-state index in [0.717, 1.165) is 4.90 Å². The van der Waals surface area contributed by atoms with Crippen molar-refractivity contribution in [3.8, 4) is 0 Å². The van der Waals surface area contributed by atoms with Crippen LogP contribution in [0.5, 0.6) is 0 Å². The van der Waals surface area contributed by atoms with E-state index in [2.05, 4.69) is 0 Å². The molecule has 0 amide bonds. The van der Waals surface area contributed by atoms with Gasteiger partial charge in [0.25, 0.3) is 6.43 Å². The Morgan fingerprint density at radius 2 is 1.80 bits per heavy atom. The fraction of sp³-hybridized carbons (Fsp3) is 0.889. The second-order valence-electron chi connectivity index (χ2n) is 4.11. The third-order valence-electron chi connectivity index (χ3n) is 2.97. The van der Waals surface area contributed by atoms with Gasteiger partial charge in [-0.05, 0) is 19.8 Å². The van der Waals surface area contributed by atoms with Crippen molar-refractivity contribution in [2.24, 2.45) is 5.41 Å². The van der Waals surface area contributed by atoms with Crippen molar-refractivity contribution >= 4 is 5.97 Å². The lowest BCUT2D eigenvalue weighted by Gasteiger charge is -2.37. The van der Waals surface area contributed by atoms with Crippen LogP contribution in [0.25, 0.3) is 0 Å². The summed E-state index contributed by atoms with van der Waals surface area (Å²) < 4.78 is 37.0.